The van der Waals surface area contributed by atoms with Crippen LogP contribution in [0.4, 0.5) is 13.2 Å². The smallest absolute Gasteiger partial charge is 0.485 e. The van der Waals surface area contributed by atoms with E-state index in [2.05, 4.69) is 55.4 Å². The monoisotopic (exact) mass is 368 g/mol. The van der Waals surface area contributed by atoms with Gasteiger partial charge in [-0.3, -0.25) is 0 Å². The van der Waals surface area contributed by atoms with Gasteiger partial charge in [-0.25, -0.2) is 8.42 Å². The second-order valence-electron chi connectivity index (χ2n) is 6.91. The number of hydrogen-bond acceptors (Lipinski definition) is 4. The van der Waals surface area contributed by atoms with Gasteiger partial charge in [-0.1, -0.05) is 0 Å². The summed E-state index contributed by atoms with van der Waals surface area (Å²) in [5, 5.41) is 0.801. The molecule has 0 amide bonds. The molecule has 4 nitrogen and oxygen atoms in total. The van der Waals surface area contributed by atoms with Gasteiger partial charge in [0.2, 0.25) is 0 Å². The SMILES string of the molecule is CCO[C@H](C)[PH+](C(C)(C)C)C(C)(C)C.O=S(=O)([O-])C(F)(F)F. The van der Waals surface area contributed by atoms with E-state index in [0.29, 0.717) is 16.2 Å². The zero-order valence-electron chi connectivity index (χ0n) is 14.5. The lowest BCUT2D eigenvalue weighted by atomic mass is 10.2. The topological polar surface area (TPSA) is 66.4 Å². The van der Waals surface area contributed by atoms with Gasteiger partial charge in [0, 0.05) is 14.5 Å². The standard InChI is InChI=1S/C12H27OP.CHF3O3S/c1-9-13-10(2)14(11(3,4)5)12(6,7)8;2-1(3,4)8(5,6)7/h10H,9H2,1-8H3;(H,5,6,7)/t10-;/m0./s1. The molecule has 1 atom stereocenters. The molecule has 0 saturated heterocycles. The fraction of sp³-hybridized carbons (Fsp3) is 1.00. The molecule has 0 aromatic carbocycles. The number of halogens is 3. The van der Waals surface area contributed by atoms with Crippen molar-refractivity contribution in [3.8, 4) is 0 Å². The van der Waals surface area contributed by atoms with Crippen molar-refractivity contribution in [3.63, 3.8) is 0 Å². The summed E-state index contributed by atoms with van der Waals surface area (Å²) in [6.07, 6.45) is 0. The Morgan fingerprint density at radius 2 is 1.32 bits per heavy atom. The van der Waals surface area contributed by atoms with Crippen molar-refractivity contribution < 1.29 is 30.9 Å². The summed E-state index contributed by atoms with van der Waals surface area (Å²) < 4.78 is 64.7. The van der Waals surface area contributed by atoms with Crippen molar-refractivity contribution >= 4 is 18.0 Å². The summed E-state index contributed by atoms with van der Waals surface area (Å²) in [5.74, 6) is 0.435. The minimum absolute atomic E-state index is 0.400. The molecule has 9 heteroatoms. The van der Waals surface area contributed by atoms with Gasteiger partial charge in [0.15, 0.2) is 16.0 Å². The molecule has 0 bridgehead atoms. The van der Waals surface area contributed by atoms with Gasteiger partial charge in [0.1, 0.15) is 0 Å². The molecule has 0 fully saturated rings. The molecule has 136 valence electrons. The van der Waals surface area contributed by atoms with E-state index in [1.165, 1.54) is 0 Å². The van der Waals surface area contributed by atoms with E-state index >= 15 is 0 Å². The number of rotatable bonds is 3. The fourth-order valence-corrected chi connectivity index (χ4v) is 7.70. The average molecular weight is 368 g/mol. The lowest BCUT2D eigenvalue weighted by molar-refractivity contribution is -0.0517. The van der Waals surface area contributed by atoms with Crippen molar-refractivity contribution in [2.24, 2.45) is 0 Å². The molecule has 0 unspecified atom stereocenters. The van der Waals surface area contributed by atoms with Crippen LogP contribution < -0.4 is 0 Å². The van der Waals surface area contributed by atoms with Gasteiger partial charge in [0.25, 0.3) is 0 Å². The third-order valence-corrected chi connectivity index (χ3v) is 7.50. The molecule has 0 aromatic heterocycles. The predicted octanol–water partition coefficient (Wildman–Crippen LogP) is 4.23. The summed E-state index contributed by atoms with van der Waals surface area (Å²) in [6, 6.07) is 0. The van der Waals surface area contributed by atoms with E-state index < -0.39 is 23.5 Å². The summed E-state index contributed by atoms with van der Waals surface area (Å²) in [4.78, 5) is 0. The van der Waals surface area contributed by atoms with Crippen molar-refractivity contribution in [2.45, 2.75) is 77.1 Å². The highest BCUT2D eigenvalue weighted by atomic mass is 32.2. The van der Waals surface area contributed by atoms with Crippen LogP contribution in [0.1, 0.15) is 55.4 Å². The first kappa shape index (κ1) is 24.3. The molecule has 0 aliphatic carbocycles. The molecule has 0 aliphatic rings. The first-order chi connectivity index (χ1) is 9.35. The molecule has 0 saturated carbocycles. The van der Waals surface area contributed by atoms with Gasteiger partial charge in [-0.15, -0.1) is 0 Å². The molecule has 0 aliphatic heterocycles. The largest absolute Gasteiger partial charge is 0.741 e. The van der Waals surface area contributed by atoms with Crippen LogP contribution in [-0.4, -0.2) is 41.2 Å². The Bertz CT molecular complexity index is 408. The van der Waals surface area contributed by atoms with Crippen LogP contribution in [0.3, 0.4) is 0 Å². The van der Waals surface area contributed by atoms with E-state index in [1.54, 1.807) is 0 Å². The zero-order chi connectivity index (χ0) is 18.6. The van der Waals surface area contributed by atoms with E-state index in [0.717, 1.165) is 6.61 Å². The molecule has 22 heavy (non-hydrogen) atoms. The van der Waals surface area contributed by atoms with Crippen LogP contribution in [0, 0.1) is 0 Å². The maximum Gasteiger partial charge on any atom is 0.485 e. The highest BCUT2D eigenvalue weighted by molar-refractivity contribution is 7.86. The Morgan fingerprint density at radius 3 is 1.45 bits per heavy atom. The normalized spacial score (nSPS) is 15.3. The first-order valence-electron chi connectivity index (χ1n) is 6.87. The zero-order valence-corrected chi connectivity index (χ0v) is 16.3. The summed E-state index contributed by atoms with van der Waals surface area (Å²) in [6.45, 7) is 19.3. The van der Waals surface area contributed by atoms with Gasteiger partial charge in [0.05, 0.1) is 10.3 Å². The predicted molar refractivity (Wildman–Crippen MR) is 84.7 cm³/mol. The minimum atomic E-state index is -6.09. The number of hydrogen-bond donors (Lipinski definition) is 0. The molecule has 0 aromatic rings. The lowest BCUT2D eigenvalue weighted by Gasteiger charge is -2.37. The summed E-state index contributed by atoms with van der Waals surface area (Å²) in [5.41, 5.74) is -5.65. The van der Waals surface area contributed by atoms with E-state index in [-0.39, 0.29) is 0 Å². The fourth-order valence-electron chi connectivity index (χ4n) is 2.68. The number of ether oxygens (including phenoxy) is 1. The second kappa shape index (κ2) is 8.27. The Morgan fingerprint density at radius 1 is 1.05 bits per heavy atom. The van der Waals surface area contributed by atoms with E-state index in [4.69, 9.17) is 17.7 Å². The van der Waals surface area contributed by atoms with Crippen molar-refractivity contribution in [3.05, 3.63) is 0 Å². The minimum Gasteiger partial charge on any atom is -0.741 e. The van der Waals surface area contributed by atoms with Gasteiger partial charge < -0.3 is 9.29 Å². The highest BCUT2D eigenvalue weighted by Gasteiger charge is 2.46. The summed E-state index contributed by atoms with van der Waals surface area (Å²) in [7, 11) is -6.63. The van der Waals surface area contributed by atoms with Crippen LogP contribution in [0.2, 0.25) is 0 Å². The third kappa shape index (κ3) is 9.28. The van der Waals surface area contributed by atoms with Gasteiger partial charge >= 0.3 is 5.51 Å². The van der Waals surface area contributed by atoms with E-state index in [9.17, 15) is 13.2 Å². The molecule has 0 N–H and O–H groups in total. The van der Waals surface area contributed by atoms with Crippen LogP contribution >= 0.6 is 7.92 Å². The average Bonchev–Trinajstić information content (AvgIpc) is 2.09. The Balaban J connectivity index is 0. The molecule has 0 spiro atoms. The van der Waals surface area contributed by atoms with Crippen molar-refractivity contribution in [1.29, 1.82) is 0 Å². The molecule has 0 rings (SSSR count). The Hall–Kier alpha value is 0.0900. The van der Waals surface area contributed by atoms with Crippen molar-refractivity contribution in [2.75, 3.05) is 6.61 Å². The van der Waals surface area contributed by atoms with Crippen LogP contribution in [0.5, 0.6) is 0 Å². The number of alkyl halides is 3. The van der Waals surface area contributed by atoms with Crippen LogP contribution in [0.25, 0.3) is 0 Å². The highest BCUT2D eigenvalue weighted by Crippen LogP contribution is 2.62. The molecular weight excluding hydrogens is 340 g/mol. The van der Waals surface area contributed by atoms with Gasteiger partial charge in [-0.05, 0) is 55.4 Å². The molecular formula is C13H28F3O4PS. The molecule has 0 heterocycles. The quantitative estimate of drug-likeness (QED) is 0.425. The van der Waals surface area contributed by atoms with Crippen molar-refractivity contribution in [1.82, 2.24) is 0 Å². The van der Waals surface area contributed by atoms with E-state index in [1.807, 2.05) is 0 Å². The maximum atomic E-state index is 10.7. The Kier molecular flexibility index (Phi) is 9.15. The Labute approximate surface area is 133 Å². The third-order valence-electron chi connectivity index (χ3n) is 2.72. The molecule has 0 radical (unpaired) electrons. The van der Waals surface area contributed by atoms with Gasteiger partial charge in [-0.2, -0.15) is 13.2 Å². The lowest BCUT2D eigenvalue weighted by Crippen LogP contribution is -2.31. The second-order valence-corrected chi connectivity index (χ2v) is 12.9. The van der Waals surface area contributed by atoms with Crippen LogP contribution in [-0.2, 0) is 14.9 Å². The maximum absolute atomic E-state index is 10.7. The first-order valence-corrected chi connectivity index (χ1v) is 9.85. The summed E-state index contributed by atoms with van der Waals surface area (Å²) >= 11 is 0. The van der Waals surface area contributed by atoms with Crippen LogP contribution in [0.15, 0.2) is 0 Å².